The second-order valence-electron chi connectivity index (χ2n) is 4.01. The first-order valence-corrected chi connectivity index (χ1v) is 5.67. The molecule has 1 heterocycles. The van der Waals surface area contributed by atoms with Crippen LogP contribution < -0.4 is 10.1 Å². The summed E-state index contributed by atoms with van der Waals surface area (Å²) in [5.74, 6) is -0.175. The summed E-state index contributed by atoms with van der Waals surface area (Å²) in [7, 11) is 3.10. The first-order chi connectivity index (χ1) is 9.55. The Balaban J connectivity index is 2.30. The van der Waals surface area contributed by atoms with Crippen molar-refractivity contribution in [2.75, 3.05) is 12.4 Å². The number of phenolic OH excluding ortho intramolecular Hbond substituents is 1. The average molecular weight is 272 g/mol. The van der Waals surface area contributed by atoms with Crippen molar-refractivity contribution in [3.63, 3.8) is 0 Å². The van der Waals surface area contributed by atoms with Crippen LogP contribution in [-0.4, -0.2) is 27.9 Å². The number of hydrogen-bond donors (Lipinski definition) is 2. The monoisotopic (exact) mass is 272 g/mol. The summed E-state index contributed by atoms with van der Waals surface area (Å²) in [6.45, 7) is 0. The minimum Gasteiger partial charge on any atom is -0.507 e. The highest BCUT2D eigenvalue weighted by atomic mass is 16.5. The maximum Gasteiger partial charge on any atom is 0.260 e. The molecule has 2 aromatic rings. The molecule has 0 unspecified atom stereocenters. The van der Waals surface area contributed by atoms with E-state index in [-0.39, 0.29) is 22.7 Å². The van der Waals surface area contributed by atoms with Crippen molar-refractivity contribution in [1.82, 2.24) is 9.78 Å². The van der Waals surface area contributed by atoms with E-state index >= 15 is 0 Å². The molecule has 2 N–H and O–H groups in total. The first-order valence-electron chi connectivity index (χ1n) is 5.67. The van der Waals surface area contributed by atoms with Gasteiger partial charge in [0, 0.05) is 13.2 Å². The normalized spacial score (nSPS) is 9.85. The molecular weight excluding hydrogens is 260 g/mol. The van der Waals surface area contributed by atoms with Crippen LogP contribution in [0.15, 0.2) is 24.4 Å². The van der Waals surface area contributed by atoms with Crippen LogP contribution in [0.1, 0.15) is 15.9 Å². The van der Waals surface area contributed by atoms with Gasteiger partial charge in [-0.25, -0.2) is 0 Å². The number of phenols is 1. The van der Waals surface area contributed by atoms with Gasteiger partial charge in [0.2, 0.25) is 0 Å². The summed E-state index contributed by atoms with van der Waals surface area (Å²) in [4.78, 5) is 12.1. The highest BCUT2D eigenvalue weighted by Gasteiger charge is 2.16. The number of amides is 1. The molecule has 0 aliphatic carbocycles. The van der Waals surface area contributed by atoms with Crippen LogP contribution in [0.25, 0.3) is 0 Å². The predicted molar refractivity (Wildman–Crippen MR) is 70.5 cm³/mol. The molecule has 0 radical (unpaired) electrons. The summed E-state index contributed by atoms with van der Waals surface area (Å²) in [5, 5.41) is 25.1. The zero-order chi connectivity index (χ0) is 14.7. The van der Waals surface area contributed by atoms with Crippen LogP contribution in [0.4, 0.5) is 5.82 Å². The van der Waals surface area contributed by atoms with Crippen molar-refractivity contribution in [3.8, 4) is 17.6 Å². The highest BCUT2D eigenvalue weighted by molar-refractivity contribution is 6.06. The maximum atomic E-state index is 12.1. The number of nitriles is 1. The van der Waals surface area contributed by atoms with E-state index < -0.39 is 5.91 Å². The third kappa shape index (κ3) is 2.54. The molecule has 0 saturated heterocycles. The van der Waals surface area contributed by atoms with E-state index in [0.29, 0.717) is 5.75 Å². The number of carbonyl (C=O) groups excluding carboxylic acids is 1. The van der Waals surface area contributed by atoms with Gasteiger partial charge in [0.05, 0.1) is 12.7 Å². The van der Waals surface area contributed by atoms with Crippen molar-refractivity contribution < 1.29 is 14.6 Å². The molecule has 1 aromatic carbocycles. The summed E-state index contributed by atoms with van der Waals surface area (Å²) in [6, 6.07) is 6.22. The Bertz CT molecular complexity index is 700. The van der Waals surface area contributed by atoms with Gasteiger partial charge in [0.1, 0.15) is 23.1 Å². The molecule has 0 fully saturated rings. The molecule has 0 spiro atoms. The minimum atomic E-state index is -0.573. The van der Waals surface area contributed by atoms with Crippen LogP contribution in [0.5, 0.6) is 11.5 Å². The van der Waals surface area contributed by atoms with E-state index in [1.165, 1.54) is 36.2 Å². The minimum absolute atomic E-state index is 0.0406. The molecule has 102 valence electrons. The van der Waals surface area contributed by atoms with Crippen LogP contribution >= 0.6 is 0 Å². The molecule has 0 atom stereocenters. The third-order valence-corrected chi connectivity index (χ3v) is 2.63. The van der Waals surface area contributed by atoms with Gasteiger partial charge in [-0.3, -0.25) is 9.48 Å². The highest BCUT2D eigenvalue weighted by Crippen LogP contribution is 2.24. The van der Waals surface area contributed by atoms with Gasteiger partial charge >= 0.3 is 0 Å². The fraction of sp³-hybridized carbons (Fsp3) is 0.154. The van der Waals surface area contributed by atoms with Gasteiger partial charge in [-0.2, -0.15) is 10.4 Å². The lowest BCUT2D eigenvalue weighted by molar-refractivity contribution is 0.102. The molecule has 0 bridgehead atoms. The number of ether oxygens (including phenoxy) is 1. The molecular formula is C13H12N4O3. The number of methoxy groups -OCH3 is 1. The molecule has 0 saturated carbocycles. The Hall–Kier alpha value is -3.01. The summed E-state index contributed by atoms with van der Waals surface area (Å²) >= 11 is 0. The zero-order valence-corrected chi connectivity index (χ0v) is 10.9. The van der Waals surface area contributed by atoms with E-state index in [2.05, 4.69) is 10.4 Å². The Morgan fingerprint density at radius 1 is 1.55 bits per heavy atom. The molecule has 20 heavy (non-hydrogen) atoms. The third-order valence-electron chi connectivity index (χ3n) is 2.63. The van der Waals surface area contributed by atoms with Crippen molar-refractivity contribution in [1.29, 1.82) is 5.26 Å². The molecule has 7 nitrogen and oxygen atoms in total. The Morgan fingerprint density at radius 3 is 2.95 bits per heavy atom. The van der Waals surface area contributed by atoms with Crippen LogP contribution in [0.2, 0.25) is 0 Å². The number of carbonyl (C=O) groups is 1. The Kier molecular flexibility index (Phi) is 3.57. The van der Waals surface area contributed by atoms with Gasteiger partial charge in [0.15, 0.2) is 5.82 Å². The lowest BCUT2D eigenvalue weighted by Gasteiger charge is -2.07. The molecule has 0 aliphatic rings. The average Bonchev–Trinajstić information content (AvgIpc) is 2.79. The molecule has 1 amide bonds. The SMILES string of the molecule is COc1ccc(O)c(C(=O)Nc2nn(C)cc2C#N)c1. The van der Waals surface area contributed by atoms with Crippen molar-refractivity contribution in [2.24, 2.45) is 7.05 Å². The number of aryl methyl sites for hydroxylation is 1. The van der Waals surface area contributed by atoms with Gasteiger partial charge in [-0.1, -0.05) is 0 Å². The predicted octanol–water partition coefficient (Wildman–Crippen LogP) is 1.26. The van der Waals surface area contributed by atoms with E-state index in [1.54, 1.807) is 7.05 Å². The second-order valence-corrected chi connectivity index (χ2v) is 4.01. The Labute approximate surface area is 115 Å². The first kappa shape index (κ1) is 13.4. The molecule has 7 heteroatoms. The van der Waals surface area contributed by atoms with Crippen molar-refractivity contribution in [2.45, 2.75) is 0 Å². The summed E-state index contributed by atoms with van der Waals surface area (Å²) in [6.07, 6.45) is 1.49. The van der Waals surface area contributed by atoms with Gasteiger partial charge in [-0.15, -0.1) is 0 Å². The number of aromatic hydroxyl groups is 1. The van der Waals surface area contributed by atoms with E-state index in [1.807, 2.05) is 6.07 Å². The molecule has 1 aromatic heterocycles. The quantitative estimate of drug-likeness (QED) is 0.876. The smallest absolute Gasteiger partial charge is 0.260 e. The van der Waals surface area contributed by atoms with Crippen molar-refractivity contribution >= 4 is 11.7 Å². The van der Waals surface area contributed by atoms with Crippen molar-refractivity contribution in [3.05, 3.63) is 35.5 Å². The molecule has 0 aliphatic heterocycles. The van der Waals surface area contributed by atoms with E-state index in [0.717, 1.165) is 0 Å². The van der Waals surface area contributed by atoms with E-state index in [9.17, 15) is 9.90 Å². The lowest BCUT2D eigenvalue weighted by Crippen LogP contribution is -2.13. The molecule has 2 rings (SSSR count). The zero-order valence-electron chi connectivity index (χ0n) is 10.9. The Morgan fingerprint density at radius 2 is 2.30 bits per heavy atom. The topological polar surface area (TPSA) is 100 Å². The standard InChI is InChI=1S/C13H12N4O3/c1-17-7-8(6-14)12(16-17)15-13(19)10-5-9(20-2)3-4-11(10)18/h3-5,7,18H,1-2H3,(H,15,16,19). The van der Waals surface area contributed by atoms with Crippen LogP contribution in [-0.2, 0) is 7.05 Å². The number of anilines is 1. The summed E-state index contributed by atoms with van der Waals surface area (Å²) in [5.41, 5.74) is 0.280. The van der Waals surface area contributed by atoms with Crippen LogP contribution in [0, 0.1) is 11.3 Å². The lowest BCUT2D eigenvalue weighted by atomic mass is 10.1. The number of hydrogen-bond acceptors (Lipinski definition) is 5. The van der Waals surface area contributed by atoms with Gasteiger partial charge in [0.25, 0.3) is 5.91 Å². The fourth-order valence-corrected chi connectivity index (χ4v) is 1.66. The largest absolute Gasteiger partial charge is 0.507 e. The van der Waals surface area contributed by atoms with Gasteiger partial charge < -0.3 is 15.2 Å². The van der Waals surface area contributed by atoms with E-state index in [4.69, 9.17) is 10.00 Å². The van der Waals surface area contributed by atoms with Crippen LogP contribution in [0.3, 0.4) is 0 Å². The van der Waals surface area contributed by atoms with Gasteiger partial charge in [-0.05, 0) is 18.2 Å². The number of aromatic nitrogens is 2. The maximum absolute atomic E-state index is 12.1. The number of nitrogens with one attached hydrogen (secondary N) is 1. The number of rotatable bonds is 3. The second kappa shape index (κ2) is 5.32. The number of benzene rings is 1. The number of nitrogens with zero attached hydrogens (tertiary/aromatic N) is 3. The summed E-state index contributed by atoms with van der Waals surface area (Å²) < 4.78 is 6.41. The fourth-order valence-electron chi connectivity index (χ4n) is 1.66.